The molecule has 0 aliphatic carbocycles. The summed E-state index contributed by atoms with van der Waals surface area (Å²) < 4.78 is 47.2. The van der Waals surface area contributed by atoms with Crippen LogP contribution in [-0.4, -0.2) is 48.4 Å². The van der Waals surface area contributed by atoms with Gasteiger partial charge in [-0.25, -0.2) is 17.6 Å². The first-order valence-corrected chi connectivity index (χ1v) is 11.0. The van der Waals surface area contributed by atoms with E-state index >= 15 is 0 Å². The van der Waals surface area contributed by atoms with Crippen LogP contribution in [0.25, 0.3) is 0 Å². The third-order valence-corrected chi connectivity index (χ3v) is 6.90. The number of hydrogen-bond acceptors (Lipinski definition) is 5. The van der Waals surface area contributed by atoms with E-state index in [-0.39, 0.29) is 23.7 Å². The maximum Gasteiger partial charge on any atom is 0.354 e. The highest BCUT2D eigenvalue weighted by Crippen LogP contribution is 2.28. The predicted octanol–water partition coefficient (Wildman–Crippen LogP) is 2.44. The predicted molar refractivity (Wildman–Crippen MR) is 108 cm³/mol. The molecule has 1 aromatic heterocycles. The van der Waals surface area contributed by atoms with Gasteiger partial charge in [0.05, 0.1) is 6.61 Å². The topological polar surface area (TPSA) is 97.7 Å². The van der Waals surface area contributed by atoms with Gasteiger partial charge >= 0.3 is 5.97 Å². The van der Waals surface area contributed by atoms with E-state index in [1.54, 1.807) is 20.9 Å². The minimum atomic E-state index is -4.01. The highest BCUT2D eigenvalue weighted by atomic mass is 32.2. The van der Waals surface area contributed by atoms with Crippen LogP contribution < -0.4 is 5.32 Å². The zero-order chi connectivity index (χ0) is 22.1. The lowest BCUT2D eigenvalue weighted by atomic mass is 10.1. The van der Waals surface area contributed by atoms with Crippen molar-refractivity contribution in [1.82, 2.24) is 8.87 Å². The molecule has 8 nitrogen and oxygen atoms in total. The molecule has 1 amide bonds. The van der Waals surface area contributed by atoms with Crippen LogP contribution in [0.5, 0.6) is 0 Å². The molecule has 0 radical (unpaired) electrons. The third-order valence-electron chi connectivity index (χ3n) is 5.02. The Hall–Kier alpha value is -2.72. The molecule has 1 atom stereocenters. The van der Waals surface area contributed by atoms with Crippen molar-refractivity contribution in [2.24, 2.45) is 7.05 Å². The molecule has 3 rings (SSSR count). The van der Waals surface area contributed by atoms with Gasteiger partial charge in [-0.15, -0.1) is 0 Å². The Balaban J connectivity index is 1.84. The van der Waals surface area contributed by atoms with Gasteiger partial charge in [0.25, 0.3) is 0 Å². The second kappa shape index (κ2) is 8.57. The van der Waals surface area contributed by atoms with Gasteiger partial charge in [0, 0.05) is 25.5 Å². The minimum absolute atomic E-state index is 0.0780. The zero-order valence-electron chi connectivity index (χ0n) is 17.0. The van der Waals surface area contributed by atoms with Crippen LogP contribution in [-0.2, 0) is 26.6 Å². The number of aryl methyl sites for hydroxylation is 2. The quantitative estimate of drug-likeness (QED) is 0.700. The van der Waals surface area contributed by atoms with Gasteiger partial charge in [-0.2, -0.15) is 4.31 Å². The zero-order valence-corrected chi connectivity index (χ0v) is 17.8. The number of halogens is 1. The summed E-state index contributed by atoms with van der Waals surface area (Å²) in [5, 5.41) is 2.69. The molecule has 0 spiro atoms. The van der Waals surface area contributed by atoms with Gasteiger partial charge in [-0.3, -0.25) is 4.79 Å². The summed E-state index contributed by atoms with van der Waals surface area (Å²) in [6.07, 6.45) is 2.22. The number of nitrogens with one attached hydrogen (secondary N) is 1. The molecule has 0 unspecified atom stereocenters. The van der Waals surface area contributed by atoms with Crippen LogP contribution >= 0.6 is 0 Å². The smallest absolute Gasteiger partial charge is 0.354 e. The fraction of sp³-hybridized carbons (Fsp3) is 0.400. The molecule has 1 fully saturated rings. The molecule has 162 valence electrons. The SMILES string of the molecule is CCOC(=O)c1cc(S(=O)(=O)N2CCC[C@@H]2C(=O)Nc2ccc(F)cc2C)cn1C. The van der Waals surface area contributed by atoms with Crippen LogP contribution in [0, 0.1) is 12.7 Å². The van der Waals surface area contributed by atoms with Crippen molar-refractivity contribution in [1.29, 1.82) is 0 Å². The number of carbonyl (C=O) groups is 2. The fourth-order valence-electron chi connectivity index (χ4n) is 3.49. The standard InChI is InChI=1S/C20H24FN3O5S/c1-4-29-20(26)18-11-15(12-23(18)3)30(27,28)24-9-5-6-17(24)19(25)22-16-8-7-14(21)10-13(16)2/h7-8,10-12,17H,4-6,9H2,1-3H3,(H,22,25)/t17-/m1/s1. The van der Waals surface area contributed by atoms with Gasteiger partial charge in [-0.05, 0) is 56.5 Å². The second-order valence-electron chi connectivity index (χ2n) is 7.11. The monoisotopic (exact) mass is 437 g/mol. The molecule has 1 aromatic carbocycles. The average Bonchev–Trinajstić information content (AvgIpc) is 3.32. The van der Waals surface area contributed by atoms with Crippen molar-refractivity contribution in [2.45, 2.75) is 37.6 Å². The number of esters is 1. The molecule has 1 aliphatic rings. The number of amides is 1. The number of hydrogen-bond donors (Lipinski definition) is 1. The summed E-state index contributed by atoms with van der Waals surface area (Å²) in [6, 6.07) is 4.32. The molecular formula is C20H24FN3O5S. The molecule has 30 heavy (non-hydrogen) atoms. The van der Waals surface area contributed by atoms with E-state index in [0.29, 0.717) is 24.1 Å². The molecule has 2 aromatic rings. The van der Waals surface area contributed by atoms with Crippen LogP contribution in [0.3, 0.4) is 0 Å². The Bertz CT molecular complexity index is 1080. The fourth-order valence-corrected chi connectivity index (χ4v) is 5.22. The number of rotatable bonds is 6. The molecule has 1 N–H and O–H groups in total. The Morgan fingerprint density at radius 3 is 2.70 bits per heavy atom. The summed E-state index contributed by atoms with van der Waals surface area (Å²) in [5.74, 6) is -1.52. The van der Waals surface area contributed by atoms with Crippen molar-refractivity contribution < 1.29 is 27.1 Å². The number of nitrogens with zero attached hydrogens (tertiary/aromatic N) is 2. The van der Waals surface area contributed by atoms with Crippen molar-refractivity contribution in [3.8, 4) is 0 Å². The molecular weight excluding hydrogens is 413 g/mol. The molecule has 0 saturated carbocycles. The van der Waals surface area contributed by atoms with Gasteiger partial charge in [0.2, 0.25) is 15.9 Å². The van der Waals surface area contributed by atoms with E-state index in [1.807, 2.05) is 0 Å². The molecule has 0 bridgehead atoms. The summed E-state index contributed by atoms with van der Waals surface area (Å²) in [6.45, 7) is 3.67. The van der Waals surface area contributed by atoms with Crippen LogP contribution in [0.4, 0.5) is 10.1 Å². The van der Waals surface area contributed by atoms with Crippen molar-refractivity contribution in [3.05, 3.63) is 47.5 Å². The number of aromatic nitrogens is 1. The van der Waals surface area contributed by atoms with Gasteiger partial charge in [0.15, 0.2) is 0 Å². The van der Waals surface area contributed by atoms with Gasteiger partial charge < -0.3 is 14.6 Å². The number of ether oxygens (including phenoxy) is 1. The van der Waals surface area contributed by atoms with E-state index in [9.17, 15) is 22.4 Å². The molecule has 1 aliphatic heterocycles. The third kappa shape index (κ3) is 4.24. The van der Waals surface area contributed by atoms with Crippen LogP contribution in [0.15, 0.2) is 35.4 Å². The summed E-state index contributed by atoms with van der Waals surface area (Å²) in [4.78, 5) is 24.8. The van der Waals surface area contributed by atoms with E-state index < -0.39 is 33.8 Å². The minimum Gasteiger partial charge on any atom is -0.461 e. The van der Waals surface area contributed by atoms with Crippen molar-refractivity contribution in [3.63, 3.8) is 0 Å². The normalized spacial score (nSPS) is 17.1. The Kier molecular flexibility index (Phi) is 6.27. The first kappa shape index (κ1) is 22.0. The lowest BCUT2D eigenvalue weighted by Gasteiger charge is -2.23. The Morgan fingerprint density at radius 1 is 1.30 bits per heavy atom. The van der Waals surface area contributed by atoms with Gasteiger partial charge in [-0.1, -0.05) is 0 Å². The van der Waals surface area contributed by atoms with E-state index in [2.05, 4.69) is 5.32 Å². The second-order valence-corrected chi connectivity index (χ2v) is 9.01. The summed E-state index contributed by atoms with van der Waals surface area (Å²) in [7, 11) is -2.46. The number of sulfonamides is 1. The van der Waals surface area contributed by atoms with Crippen molar-refractivity contribution >= 4 is 27.6 Å². The maximum absolute atomic E-state index is 13.3. The maximum atomic E-state index is 13.3. The highest BCUT2D eigenvalue weighted by molar-refractivity contribution is 7.89. The summed E-state index contributed by atoms with van der Waals surface area (Å²) >= 11 is 0. The number of carbonyl (C=O) groups excluding carboxylic acids is 2. The molecule has 1 saturated heterocycles. The number of anilines is 1. The summed E-state index contributed by atoms with van der Waals surface area (Å²) in [5.41, 5.74) is 1.07. The molecule has 10 heteroatoms. The highest BCUT2D eigenvalue weighted by Gasteiger charge is 2.40. The van der Waals surface area contributed by atoms with Crippen molar-refractivity contribution in [2.75, 3.05) is 18.5 Å². The van der Waals surface area contributed by atoms with Crippen LogP contribution in [0.1, 0.15) is 35.8 Å². The first-order chi connectivity index (χ1) is 14.1. The molecule has 2 heterocycles. The lowest BCUT2D eigenvalue weighted by Crippen LogP contribution is -2.43. The van der Waals surface area contributed by atoms with E-state index in [0.717, 1.165) is 4.31 Å². The van der Waals surface area contributed by atoms with E-state index in [4.69, 9.17) is 4.74 Å². The van der Waals surface area contributed by atoms with Crippen LogP contribution in [0.2, 0.25) is 0 Å². The largest absolute Gasteiger partial charge is 0.461 e. The first-order valence-electron chi connectivity index (χ1n) is 9.57. The number of benzene rings is 1. The van der Waals surface area contributed by atoms with E-state index in [1.165, 1.54) is 35.0 Å². The Morgan fingerprint density at radius 2 is 2.03 bits per heavy atom. The Labute approximate surface area is 174 Å². The lowest BCUT2D eigenvalue weighted by molar-refractivity contribution is -0.119. The average molecular weight is 437 g/mol. The van der Waals surface area contributed by atoms with Gasteiger partial charge in [0.1, 0.15) is 22.4 Å².